The molecular weight excluding hydrogens is 220 g/mol. The number of hydrogen-bond donors (Lipinski definition) is 1. The number of aldehydes is 1. The third kappa shape index (κ3) is 2.00. The second-order valence-electron chi connectivity index (χ2n) is 4.72. The monoisotopic (exact) mass is 236 g/mol. The minimum atomic E-state index is -0.424. The maximum absolute atomic E-state index is 10.9. The van der Waals surface area contributed by atoms with E-state index in [9.17, 15) is 9.90 Å². The molecule has 1 aromatic carbocycles. The van der Waals surface area contributed by atoms with E-state index in [0.29, 0.717) is 30.3 Å². The maximum atomic E-state index is 10.9. The number of fused-ring (bicyclic) bond motifs is 1. The van der Waals surface area contributed by atoms with Crippen LogP contribution in [0.15, 0.2) is 12.1 Å². The van der Waals surface area contributed by atoms with Gasteiger partial charge in [0.25, 0.3) is 0 Å². The van der Waals surface area contributed by atoms with E-state index in [4.69, 9.17) is 9.47 Å². The number of aliphatic hydroxyl groups is 1. The Hall–Kier alpha value is -1.55. The molecule has 1 aliphatic heterocycles. The van der Waals surface area contributed by atoms with Gasteiger partial charge in [-0.2, -0.15) is 0 Å². The molecule has 0 aliphatic carbocycles. The van der Waals surface area contributed by atoms with Crippen molar-refractivity contribution in [2.24, 2.45) is 0 Å². The van der Waals surface area contributed by atoms with Gasteiger partial charge in [0.15, 0.2) is 17.8 Å². The predicted molar refractivity (Wildman–Crippen MR) is 62.9 cm³/mol. The average molecular weight is 236 g/mol. The molecule has 0 aromatic heterocycles. The van der Waals surface area contributed by atoms with E-state index >= 15 is 0 Å². The van der Waals surface area contributed by atoms with Crippen molar-refractivity contribution in [1.29, 1.82) is 0 Å². The number of carbonyl (C=O) groups excluding carboxylic acids is 1. The van der Waals surface area contributed by atoms with Crippen molar-refractivity contribution in [3.05, 3.63) is 23.3 Å². The molecule has 0 radical (unpaired) electrons. The third-order valence-corrected chi connectivity index (χ3v) is 2.97. The molecule has 0 unspecified atom stereocenters. The van der Waals surface area contributed by atoms with Gasteiger partial charge in [0.2, 0.25) is 0 Å². The first-order valence-electron chi connectivity index (χ1n) is 5.59. The Labute approximate surface area is 100 Å². The lowest BCUT2D eigenvalue weighted by atomic mass is 9.84. The number of benzene rings is 1. The van der Waals surface area contributed by atoms with Crippen LogP contribution in [-0.2, 0) is 5.41 Å². The standard InChI is InChI=1S/C13H16O4/c1-13(2,8-15)10-4-3-9(7-14)11-12(10)17-6-5-16-11/h3-4,7,15H,5-6,8H2,1-2H3. The zero-order valence-corrected chi connectivity index (χ0v) is 10.0. The van der Waals surface area contributed by atoms with Crippen LogP contribution in [0.3, 0.4) is 0 Å². The van der Waals surface area contributed by atoms with E-state index in [0.717, 1.165) is 11.8 Å². The van der Waals surface area contributed by atoms with Crippen LogP contribution in [-0.4, -0.2) is 31.2 Å². The highest BCUT2D eigenvalue weighted by molar-refractivity contribution is 5.82. The van der Waals surface area contributed by atoms with Crippen molar-refractivity contribution >= 4 is 6.29 Å². The van der Waals surface area contributed by atoms with Crippen LogP contribution in [0.5, 0.6) is 11.5 Å². The number of rotatable bonds is 3. The molecule has 0 atom stereocenters. The van der Waals surface area contributed by atoms with Crippen molar-refractivity contribution < 1.29 is 19.4 Å². The minimum Gasteiger partial charge on any atom is -0.486 e. The molecule has 17 heavy (non-hydrogen) atoms. The summed E-state index contributed by atoms with van der Waals surface area (Å²) in [5.41, 5.74) is 0.920. The van der Waals surface area contributed by atoms with Gasteiger partial charge < -0.3 is 14.6 Å². The molecule has 0 saturated carbocycles. The Bertz CT molecular complexity index is 437. The Balaban J connectivity index is 2.59. The minimum absolute atomic E-state index is 0.00321. The highest BCUT2D eigenvalue weighted by Gasteiger charge is 2.29. The second-order valence-corrected chi connectivity index (χ2v) is 4.72. The molecule has 2 rings (SSSR count). The summed E-state index contributed by atoms with van der Waals surface area (Å²) < 4.78 is 11.1. The van der Waals surface area contributed by atoms with Gasteiger partial charge >= 0.3 is 0 Å². The molecule has 0 bridgehead atoms. The molecule has 1 heterocycles. The van der Waals surface area contributed by atoms with E-state index in [1.54, 1.807) is 6.07 Å². The molecular formula is C13H16O4. The summed E-state index contributed by atoms with van der Waals surface area (Å²) >= 11 is 0. The largest absolute Gasteiger partial charge is 0.486 e. The zero-order chi connectivity index (χ0) is 12.5. The van der Waals surface area contributed by atoms with E-state index < -0.39 is 5.41 Å². The number of carbonyl (C=O) groups is 1. The summed E-state index contributed by atoms with van der Waals surface area (Å²) in [7, 11) is 0. The van der Waals surface area contributed by atoms with Gasteiger partial charge in [-0.05, 0) is 6.07 Å². The maximum Gasteiger partial charge on any atom is 0.172 e. The zero-order valence-electron chi connectivity index (χ0n) is 10.0. The van der Waals surface area contributed by atoms with Gasteiger partial charge in [0.1, 0.15) is 13.2 Å². The highest BCUT2D eigenvalue weighted by atomic mass is 16.6. The van der Waals surface area contributed by atoms with E-state index in [-0.39, 0.29) is 6.61 Å². The van der Waals surface area contributed by atoms with Crippen LogP contribution in [0.1, 0.15) is 29.8 Å². The topological polar surface area (TPSA) is 55.8 Å². The first-order valence-corrected chi connectivity index (χ1v) is 5.59. The van der Waals surface area contributed by atoms with Crippen molar-refractivity contribution in [3.63, 3.8) is 0 Å². The van der Waals surface area contributed by atoms with Crippen molar-refractivity contribution in [2.45, 2.75) is 19.3 Å². The molecule has 1 N–H and O–H groups in total. The lowest BCUT2D eigenvalue weighted by Crippen LogP contribution is -2.26. The first kappa shape index (κ1) is 11.9. The number of ether oxygens (including phenoxy) is 2. The van der Waals surface area contributed by atoms with Crippen LogP contribution in [0, 0.1) is 0 Å². The van der Waals surface area contributed by atoms with E-state index in [2.05, 4.69) is 0 Å². The fourth-order valence-corrected chi connectivity index (χ4v) is 1.87. The molecule has 1 aromatic rings. The van der Waals surface area contributed by atoms with Crippen LogP contribution in [0.4, 0.5) is 0 Å². The van der Waals surface area contributed by atoms with Gasteiger partial charge in [-0.3, -0.25) is 4.79 Å². The molecule has 92 valence electrons. The quantitative estimate of drug-likeness (QED) is 0.809. The highest BCUT2D eigenvalue weighted by Crippen LogP contribution is 2.41. The molecule has 4 nitrogen and oxygen atoms in total. The Morgan fingerprint density at radius 2 is 1.94 bits per heavy atom. The van der Waals surface area contributed by atoms with Crippen molar-refractivity contribution in [2.75, 3.05) is 19.8 Å². The summed E-state index contributed by atoms with van der Waals surface area (Å²) in [4.78, 5) is 10.9. The molecule has 0 spiro atoms. The van der Waals surface area contributed by atoms with Gasteiger partial charge in [-0.25, -0.2) is 0 Å². The van der Waals surface area contributed by atoms with Crippen LogP contribution in [0.25, 0.3) is 0 Å². The summed E-state index contributed by atoms with van der Waals surface area (Å²) in [5, 5.41) is 9.41. The third-order valence-electron chi connectivity index (χ3n) is 2.97. The Kier molecular flexibility index (Phi) is 3.07. The summed E-state index contributed by atoms with van der Waals surface area (Å²) in [5.74, 6) is 1.07. The van der Waals surface area contributed by atoms with Gasteiger partial charge in [0, 0.05) is 11.0 Å². The smallest absolute Gasteiger partial charge is 0.172 e. The fourth-order valence-electron chi connectivity index (χ4n) is 1.87. The molecule has 4 heteroatoms. The molecule has 0 amide bonds. The fraction of sp³-hybridized carbons (Fsp3) is 0.462. The van der Waals surface area contributed by atoms with Crippen LogP contribution >= 0.6 is 0 Å². The Morgan fingerprint density at radius 1 is 1.29 bits per heavy atom. The summed E-state index contributed by atoms with van der Waals surface area (Å²) in [6, 6.07) is 3.51. The van der Waals surface area contributed by atoms with Gasteiger partial charge in [-0.15, -0.1) is 0 Å². The lowest BCUT2D eigenvalue weighted by molar-refractivity contribution is 0.111. The van der Waals surface area contributed by atoms with Gasteiger partial charge in [0.05, 0.1) is 12.2 Å². The lowest BCUT2D eigenvalue weighted by Gasteiger charge is -2.29. The first-order chi connectivity index (χ1) is 8.10. The van der Waals surface area contributed by atoms with E-state index in [1.807, 2.05) is 19.9 Å². The molecule has 0 fully saturated rings. The van der Waals surface area contributed by atoms with E-state index in [1.165, 1.54) is 0 Å². The van der Waals surface area contributed by atoms with Crippen LogP contribution in [0.2, 0.25) is 0 Å². The SMILES string of the molecule is CC(C)(CO)c1ccc(C=O)c2c1OCCO2. The Morgan fingerprint density at radius 3 is 2.53 bits per heavy atom. The average Bonchev–Trinajstić information content (AvgIpc) is 2.37. The normalized spacial score (nSPS) is 14.5. The predicted octanol–water partition coefficient (Wildman–Crippen LogP) is 1.54. The van der Waals surface area contributed by atoms with Gasteiger partial charge in [-0.1, -0.05) is 19.9 Å². The molecule has 1 aliphatic rings. The van der Waals surface area contributed by atoms with Crippen molar-refractivity contribution in [1.82, 2.24) is 0 Å². The molecule has 0 saturated heterocycles. The van der Waals surface area contributed by atoms with Crippen LogP contribution < -0.4 is 9.47 Å². The second kappa shape index (κ2) is 4.37. The number of aliphatic hydroxyl groups excluding tert-OH is 1. The summed E-state index contributed by atoms with van der Waals surface area (Å²) in [6.07, 6.45) is 0.753. The van der Waals surface area contributed by atoms with Crippen molar-refractivity contribution in [3.8, 4) is 11.5 Å². The summed E-state index contributed by atoms with van der Waals surface area (Å²) in [6.45, 7) is 4.74. The number of hydrogen-bond acceptors (Lipinski definition) is 4.